The Bertz CT molecular complexity index is 702. The van der Waals surface area contributed by atoms with Gasteiger partial charge in [0.1, 0.15) is 5.69 Å². The predicted molar refractivity (Wildman–Crippen MR) is 83.3 cm³/mol. The molecule has 0 spiro atoms. The second kappa shape index (κ2) is 5.25. The molecule has 2 aromatic rings. The number of hydrogen-bond donors (Lipinski definition) is 2. The van der Waals surface area contributed by atoms with Gasteiger partial charge in [-0.05, 0) is 43.0 Å². The van der Waals surface area contributed by atoms with E-state index >= 15 is 0 Å². The first-order chi connectivity index (χ1) is 10.7. The third-order valence-electron chi connectivity index (χ3n) is 4.68. The van der Waals surface area contributed by atoms with Crippen LogP contribution in [-0.4, -0.2) is 27.3 Å². The Labute approximate surface area is 129 Å². The van der Waals surface area contributed by atoms with Crippen molar-refractivity contribution in [3.63, 3.8) is 0 Å². The normalized spacial score (nSPS) is 20.4. The summed E-state index contributed by atoms with van der Waals surface area (Å²) < 4.78 is 0. The van der Waals surface area contributed by atoms with Crippen LogP contribution in [0.5, 0.6) is 0 Å². The Hall–Kier alpha value is -2.14. The highest BCUT2D eigenvalue weighted by Crippen LogP contribution is 2.34. The lowest BCUT2D eigenvalue weighted by atomic mass is 9.94. The van der Waals surface area contributed by atoms with Crippen molar-refractivity contribution in [1.29, 1.82) is 0 Å². The number of aryl methyl sites for hydroxylation is 1. The molecular formula is C17H20N4O. The van der Waals surface area contributed by atoms with Crippen LogP contribution in [0.3, 0.4) is 0 Å². The first-order valence-electron chi connectivity index (χ1n) is 7.85. The molecule has 4 rings (SSSR count). The molecule has 0 aliphatic carbocycles. The second-order valence-corrected chi connectivity index (χ2v) is 6.27. The van der Waals surface area contributed by atoms with Crippen molar-refractivity contribution in [1.82, 2.24) is 20.2 Å². The van der Waals surface area contributed by atoms with E-state index in [2.05, 4.69) is 34.3 Å². The van der Waals surface area contributed by atoms with E-state index in [9.17, 15) is 4.79 Å². The fourth-order valence-electron chi connectivity index (χ4n) is 3.66. The highest BCUT2D eigenvalue weighted by atomic mass is 16.2. The van der Waals surface area contributed by atoms with Crippen LogP contribution in [0.25, 0.3) is 0 Å². The van der Waals surface area contributed by atoms with Gasteiger partial charge >= 0.3 is 0 Å². The number of rotatable bonds is 2. The van der Waals surface area contributed by atoms with Gasteiger partial charge in [-0.25, -0.2) is 4.98 Å². The zero-order valence-electron chi connectivity index (χ0n) is 12.7. The molecule has 0 bridgehead atoms. The maximum Gasteiger partial charge on any atom is 0.272 e. The van der Waals surface area contributed by atoms with Gasteiger partial charge in [-0.1, -0.05) is 17.7 Å². The van der Waals surface area contributed by atoms with Crippen molar-refractivity contribution in [2.75, 3.05) is 6.54 Å². The SMILES string of the molecule is Cc1cc2c(c([C@@H]3CCCN3)c1)CN(C(=O)c1cnc[nH]1)C2. The van der Waals surface area contributed by atoms with E-state index in [0.29, 0.717) is 24.8 Å². The van der Waals surface area contributed by atoms with E-state index < -0.39 is 0 Å². The molecular weight excluding hydrogens is 276 g/mol. The topological polar surface area (TPSA) is 61.0 Å². The van der Waals surface area contributed by atoms with E-state index in [1.807, 2.05) is 4.90 Å². The molecule has 2 aliphatic heterocycles. The van der Waals surface area contributed by atoms with Gasteiger partial charge in [0.25, 0.3) is 5.91 Å². The Morgan fingerprint density at radius 3 is 3.00 bits per heavy atom. The summed E-state index contributed by atoms with van der Waals surface area (Å²) in [5.74, 6) is 0.0247. The van der Waals surface area contributed by atoms with E-state index in [4.69, 9.17) is 0 Å². The number of imidazole rings is 1. The molecule has 1 aromatic carbocycles. The zero-order valence-corrected chi connectivity index (χ0v) is 12.7. The van der Waals surface area contributed by atoms with E-state index in [1.165, 1.54) is 35.1 Å². The Balaban J connectivity index is 1.65. The van der Waals surface area contributed by atoms with Crippen LogP contribution < -0.4 is 5.32 Å². The van der Waals surface area contributed by atoms with Crippen LogP contribution in [0.15, 0.2) is 24.7 Å². The summed E-state index contributed by atoms with van der Waals surface area (Å²) in [6.45, 7) is 4.61. The standard InChI is InChI=1S/C17H20N4O/c1-11-5-12-8-21(17(22)16-7-18-10-20-16)9-14(12)13(6-11)15-3-2-4-19-15/h5-7,10,15,19H,2-4,8-9H2,1H3,(H,18,20)/t15-/m0/s1. The molecule has 1 amide bonds. The molecule has 2 N–H and O–H groups in total. The van der Waals surface area contributed by atoms with Crippen molar-refractivity contribution >= 4 is 5.91 Å². The zero-order chi connectivity index (χ0) is 15.1. The van der Waals surface area contributed by atoms with Crippen molar-refractivity contribution in [2.24, 2.45) is 0 Å². The molecule has 0 unspecified atom stereocenters. The van der Waals surface area contributed by atoms with Gasteiger partial charge in [0.05, 0.1) is 12.5 Å². The lowest BCUT2D eigenvalue weighted by molar-refractivity contribution is 0.0746. The number of hydrogen-bond acceptors (Lipinski definition) is 3. The van der Waals surface area contributed by atoms with Crippen LogP contribution in [0.1, 0.15) is 51.6 Å². The number of benzene rings is 1. The van der Waals surface area contributed by atoms with Crippen LogP contribution in [-0.2, 0) is 13.1 Å². The molecule has 1 atom stereocenters. The highest BCUT2D eigenvalue weighted by molar-refractivity contribution is 5.92. The minimum atomic E-state index is 0.0247. The minimum absolute atomic E-state index is 0.0247. The van der Waals surface area contributed by atoms with E-state index in [-0.39, 0.29) is 5.91 Å². The van der Waals surface area contributed by atoms with Crippen LogP contribution in [0.4, 0.5) is 0 Å². The van der Waals surface area contributed by atoms with Gasteiger partial charge < -0.3 is 15.2 Å². The lowest BCUT2D eigenvalue weighted by Gasteiger charge is -2.17. The molecule has 2 aliphatic rings. The van der Waals surface area contributed by atoms with Crippen LogP contribution in [0.2, 0.25) is 0 Å². The van der Waals surface area contributed by atoms with Crippen LogP contribution in [0, 0.1) is 6.92 Å². The Kier molecular flexibility index (Phi) is 3.22. The number of fused-ring (bicyclic) bond motifs is 1. The number of carbonyl (C=O) groups excluding carboxylic acids is 1. The van der Waals surface area contributed by atoms with Crippen molar-refractivity contribution in [3.8, 4) is 0 Å². The fourth-order valence-corrected chi connectivity index (χ4v) is 3.66. The molecule has 5 nitrogen and oxygen atoms in total. The average molecular weight is 296 g/mol. The fraction of sp³-hybridized carbons (Fsp3) is 0.412. The molecule has 3 heterocycles. The molecule has 22 heavy (non-hydrogen) atoms. The first kappa shape index (κ1) is 13.5. The highest BCUT2D eigenvalue weighted by Gasteiger charge is 2.30. The second-order valence-electron chi connectivity index (χ2n) is 6.27. The molecule has 1 aromatic heterocycles. The molecule has 5 heteroatoms. The maximum absolute atomic E-state index is 12.5. The summed E-state index contributed by atoms with van der Waals surface area (Å²) in [5, 5.41) is 3.58. The molecule has 114 valence electrons. The Morgan fingerprint density at radius 1 is 1.36 bits per heavy atom. The third-order valence-corrected chi connectivity index (χ3v) is 4.68. The summed E-state index contributed by atoms with van der Waals surface area (Å²) in [4.78, 5) is 21.3. The number of carbonyl (C=O) groups is 1. The van der Waals surface area contributed by atoms with Crippen LogP contribution >= 0.6 is 0 Å². The number of nitrogens with zero attached hydrogens (tertiary/aromatic N) is 2. The summed E-state index contributed by atoms with van der Waals surface area (Å²) in [5.41, 5.74) is 5.84. The van der Waals surface area contributed by atoms with Crippen molar-refractivity contribution < 1.29 is 4.79 Å². The number of amides is 1. The number of aromatic nitrogens is 2. The van der Waals surface area contributed by atoms with Gasteiger partial charge in [0.2, 0.25) is 0 Å². The molecule has 0 radical (unpaired) electrons. The van der Waals surface area contributed by atoms with Gasteiger partial charge in [0.15, 0.2) is 0 Å². The predicted octanol–water partition coefficient (Wildman–Crippen LogP) is 2.30. The minimum Gasteiger partial charge on any atom is -0.341 e. The van der Waals surface area contributed by atoms with Crippen molar-refractivity contribution in [2.45, 2.75) is 38.9 Å². The lowest BCUT2D eigenvalue weighted by Crippen LogP contribution is -2.25. The quantitative estimate of drug-likeness (QED) is 0.894. The van der Waals surface area contributed by atoms with Gasteiger partial charge in [0, 0.05) is 19.1 Å². The molecule has 0 saturated carbocycles. The van der Waals surface area contributed by atoms with E-state index in [0.717, 1.165) is 6.54 Å². The van der Waals surface area contributed by atoms with Gasteiger partial charge in [-0.2, -0.15) is 0 Å². The molecule has 1 saturated heterocycles. The monoisotopic (exact) mass is 296 g/mol. The van der Waals surface area contributed by atoms with Crippen molar-refractivity contribution in [3.05, 3.63) is 52.6 Å². The molecule has 1 fully saturated rings. The summed E-state index contributed by atoms with van der Waals surface area (Å²) in [7, 11) is 0. The summed E-state index contributed by atoms with van der Waals surface area (Å²) in [6, 6.07) is 4.94. The third kappa shape index (κ3) is 2.22. The Morgan fingerprint density at radius 2 is 2.27 bits per heavy atom. The number of aromatic amines is 1. The maximum atomic E-state index is 12.5. The number of H-pyrrole nitrogens is 1. The summed E-state index contributed by atoms with van der Waals surface area (Å²) >= 11 is 0. The summed E-state index contributed by atoms with van der Waals surface area (Å²) in [6.07, 6.45) is 5.55. The first-order valence-corrected chi connectivity index (χ1v) is 7.85. The average Bonchev–Trinajstić information content (AvgIpc) is 3.25. The largest absolute Gasteiger partial charge is 0.341 e. The van der Waals surface area contributed by atoms with Gasteiger partial charge in [-0.3, -0.25) is 4.79 Å². The number of nitrogens with one attached hydrogen (secondary N) is 2. The smallest absolute Gasteiger partial charge is 0.272 e. The van der Waals surface area contributed by atoms with E-state index in [1.54, 1.807) is 12.5 Å². The van der Waals surface area contributed by atoms with Gasteiger partial charge in [-0.15, -0.1) is 0 Å².